The molecule has 13 nitrogen and oxygen atoms in total. The van der Waals surface area contributed by atoms with Crippen molar-refractivity contribution in [2.45, 2.75) is 134 Å². The number of hydrogen-bond acceptors (Lipinski definition) is 10. The van der Waals surface area contributed by atoms with Gasteiger partial charge in [-0.05, 0) is 162 Å². The van der Waals surface area contributed by atoms with Crippen molar-refractivity contribution in [3.8, 4) is 11.1 Å². The monoisotopic (exact) mass is 901 g/mol. The number of rotatable bonds is 8. The van der Waals surface area contributed by atoms with Crippen LogP contribution in [0.2, 0.25) is 0 Å². The Labute approximate surface area is 383 Å². The number of likely N-dealkylation sites (tertiary alicyclic amines) is 1. The smallest absolute Gasteiger partial charge is 0.413 e. The van der Waals surface area contributed by atoms with E-state index in [-0.39, 0.29) is 66.3 Å². The maximum Gasteiger partial charge on any atom is 0.413 e. The van der Waals surface area contributed by atoms with Crippen LogP contribution in [0.15, 0.2) is 48.8 Å². The summed E-state index contributed by atoms with van der Waals surface area (Å²) in [5.74, 6) is -1.61. The average Bonchev–Trinajstić information content (AvgIpc) is 3.88. The zero-order chi connectivity index (χ0) is 45.5. The van der Waals surface area contributed by atoms with Crippen LogP contribution in [0.3, 0.4) is 0 Å². The first-order chi connectivity index (χ1) is 31.8. The number of imide groups is 1. The van der Waals surface area contributed by atoms with E-state index in [1.54, 1.807) is 36.7 Å². The van der Waals surface area contributed by atoms with E-state index in [0.717, 1.165) is 86.7 Å². The Bertz CT molecular complexity index is 2630. The zero-order valence-electron chi connectivity index (χ0n) is 37.7. The Balaban J connectivity index is 0.602. The van der Waals surface area contributed by atoms with E-state index < -0.39 is 23.9 Å². The molecule has 2 unspecified atom stereocenters. The zero-order valence-corrected chi connectivity index (χ0v) is 37.7. The molecule has 2 aromatic carbocycles. The first kappa shape index (κ1) is 43.1. The summed E-state index contributed by atoms with van der Waals surface area (Å²) in [6, 6.07) is 10.2. The summed E-state index contributed by atoms with van der Waals surface area (Å²) in [4.78, 5) is 65.1. The molecular formula is C51H57F2N7O6. The number of ether oxygens (including phenoxy) is 2. The number of halogens is 2. The van der Waals surface area contributed by atoms with Gasteiger partial charge in [0, 0.05) is 71.3 Å². The third-order valence-corrected chi connectivity index (χ3v) is 16.3. The maximum absolute atomic E-state index is 16.0. The van der Waals surface area contributed by atoms with E-state index in [2.05, 4.69) is 25.5 Å². The van der Waals surface area contributed by atoms with Crippen molar-refractivity contribution in [3.05, 3.63) is 82.8 Å². The number of hydrogen-bond donors (Lipinski definition) is 2. The Hall–Kier alpha value is -5.54. The molecule has 0 radical (unpaired) electrons. The fourth-order valence-electron chi connectivity index (χ4n) is 12.4. The van der Waals surface area contributed by atoms with Gasteiger partial charge in [0.2, 0.25) is 11.8 Å². The van der Waals surface area contributed by atoms with Crippen LogP contribution in [0.1, 0.15) is 111 Å². The summed E-state index contributed by atoms with van der Waals surface area (Å²) >= 11 is 0. The van der Waals surface area contributed by atoms with E-state index >= 15 is 8.78 Å². The lowest BCUT2D eigenvalue weighted by molar-refractivity contribution is -0.136. The highest BCUT2D eigenvalue weighted by Gasteiger charge is 2.59. The largest absolute Gasteiger partial charge is 0.446 e. The number of amides is 4. The summed E-state index contributed by atoms with van der Waals surface area (Å²) in [7, 11) is 0. The van der Waals surface area contributed by atoms with Crippen LogP contribution >= 0.6 is 0 Å². The number of aromatic nitrogens is 2. The lowest BCUT2D eigenvalue weighted by Gasteiger charge is -2.51. The molecule has 6 heterocycles. The Morgan fingerprint density at radius 3 is 2.30 bits per heavy atom. The van der Waals surface area contributed by atoms with Crippen molar-refractivity contribution in [3.63, 3.8) is 0 Å². The molecule has 15 heteroatoms. The average molecular weight is 902 g/mol. The summed E-state index contributed by atoms with van der Waals surface area (Å²) < 4.78 is 43.6. The molecule has 2 spiro atoms. The van der Waals surface area contributed by atoms with Gasteiger partial charge in [-0.15, -0.1) is 0 Å². The van der Waals surface area contributed by atoms with Crippen molar-refractivity contribution in [2.75, 3.05) is 36.4 Å². The molecule has 4 amide bonds. The van der Waals surface area contributed by atoms with Gasteiger partial charge in [0.1, 0.15) is 23.8 Å². The van der Waals surface area contributed by atoms with E-state index in [1.807, 2.05) is 24.8 Å². The minimum absolute atomic E-state index is 0.0232. The van der Waals surface area contributed by atoms with Gasteiger partial charge < -0.3 is 19.3 Å². The van der Waals surface area contributed by atoms with Crippen LogP contribution in [0.25, 0.3) is 21.9 Å². The summed E-state index contributed by atoms with van der Waals surface area (Å²) in [6.07, 6.45) is 14.9. The molecule has 346 valence electrons. The lowest BCUT2D eigenvalue weighted by Crippen LogP contribution is -2.52. The second kappa shape index (κ2) is 16.7. The fourth-order valence-corrected chi connectivity index (χ4v) is 12.4. The number of nitrogens with zero attached hydrogens (tertiary/aromatic N) is 5. The van der Waals surface area contributed by atoms with Gasteiger partial charge in [-0.25, -0.2) is 18.6 Å². The van der Waals surface area contributed by atoms with Crippen molar-refractivity contribution in [1.82, 2.24) is 25.1 Å². The molecule has 3 aliphatic carbocycles. The first-order valence-corrected chi connectivity index (χ1v) is 23.9. The number of carbonyl (C=O) groups excluding carboxylic acids is 4. The van der Waals surface area contributed by atoms with Gasteiger partial charge in [0.15, 0.2) is 5.82 Å². The molecular weight excluding hydrogens is 845 g/mol. The topological polar surface area (TPSA) is 146 Å². The van der Waals surface area contributed by atoms with Crippen molar-refractivity contribution >= 4 is 46.1 Å². The Morgan fingerprint density at radius 2 is 1.56 bits per heavy atom. The quantitative estimate of drug-likeness (QED) is 0.166. The molecule has 2 N–H and O–H groups in total. The predicted octanol–water partition coefficient (Wildman–Crippen LogP) is 8.13. The Kier molecular flexibility index (Phi) is 10.9. The highest BCUT2D eigenvalue weighted by Crippen LogP contribution is 2.61. The van der Waals surface area contributed by atoms with Gasteiger partial charge in [0.25, 0.3) is 5.91 Å². The van der Waals surface area contributed by atoms with Crippen molar-refractivity contribution < 1.29 is 37.4 Å². The second-order valence-electron chi connectivity index (χ2n) is 20.4. The first-order valence-electron chi connectivity index (χ1n) is 23.9. The number of pyridine rings is 2. The van der Waals surface area contributed by atoms with E-state index in [4.69, 9.17) is 9.47 Å². The number of aryl methyl sites for hydroxylation is 2. The highest BCUT2D eigenvalue weighted by atomic mass is 19.1. The number of anilines is 2. The summed E-state index contributed by atoms with van der Waals surface area (Å²) in [5.41, 5.74) is 4.73. The minimum atomic E-state index is -0.772. The van der Waals surface area contributed by atoms with Crippen molar-refractivity contribution in [2.24, 2.45) is 10.8 Å². The highest BCUT2D eigenvalue weighted by molar-refractivity contribution is 6.05. The summed E-state index contributed by atoms with van der Waals surface area (Å²) in [6.45, 7) is 7.39. The number of benzene rings is 2. The maximum atomic E-state index is 16.0. The van der Waals surface area contributed by atoms with Crippen LogP contribution in [0.5, 0.6) is 0 Å². The molecule has 7 aliphatic rings. The van der Waals surface area contributed by atoms with E-state index in [9.17, 15) is 19.2 Å². The van der Waals surface area contributed by atoms with Gasteiger partial charge in [-0.1, -0.05) is 0 Å². The standard InChI is InChI=1S/C51H57F2N7O6/c1-29-19-30(2)54-27-38(29)37-20-31-22-44(55-26-32(31)21-40(37)52)56-49(64)66-35-23-50(24-35)13-17-59(18-14-50)43-25-51(43)11-7-33(8-12-51)65-34-9-15-58(16-10-34)41-4-3-36-39(46(41)53)28-60(48(36)63)42-5-6-45(61)57-47(42)62/h3-4,19-22,26-27,33-35,42-43H,5-18,23-25,28H2,1-2H3,(H,55,56,64)(H,57,61,62). The predicted molar refractivity (Wildman–Crippen MR) is 243 cm³/mol. The molecule has 11 rings (SSSR count). The lowest BCUT2D eigenvalue weighted by atomic mass is 9.61. The molecule has 66 heavy (non-hydrogen) atoms. The Morgan fingerprint density at radius 1 is 0.803 bits per heavy atom. The van der Waals surface area contributed by atoms with Gasteiger partial charge in [-0.3, -0.25) is 34.9 Å². The summed E-state index contributed by atoms with van der Waals surface area (Å²) in [5, 5.41) is 6.51. The molecule has 4 aliphatic heterocycles. The number of carbonyl (C=O) groups is 4. The molecule has 3 saturated carbocycles. The van der Waals surface area contributed by atoms with Crippen LogP contribution in [0, 0.1) is 36.3 Å². The molecule has 6 fully saturated rings. The SMILES string of the molecule is Cc1cc(C)c(-c2cc3cc(NC(=O)OC4CC5(CCN(C6CC67CCC(OC6CCN(c8ccc9c(c8F)CN(C8CCC(=O)NC8=O)C9=O)CC6)CC7)CC5)C4)ncc3cc2F)cn1. The number of nitrogens with one attached hydrogen (secondary N) is 2. The van der Waals surface area contributed by atoms with Crippen LogP contribution in [0.4, 0.5) is 25.1 Å². The van der Waals surface area contributed by atoms with Crippen molar-refractivity contribution in [1.29, 1.82) is 0 Å². The third-order valence-electron chi connectivity index (χ3n) is 16.3. The second-order valence-corrected chi connectivity index (χ2v) is 20.4. The molecule has 4 aromatic rings. The van der Waals surface area contributed by atoms with Crippen LogP contribution in [-0.2, 0) is 25.6 Å². The minimum Gasteiger partial charge on any atom is -0.446 e. The van der Waals surface area contributed by atoms with Gasteiger partial charge >= 0.3 is 6.09 Å². The van der Waals surface area contributed by atoms with E-state index in [0.29, 0.717) is 52.6 Å². The molecule has 0 bridgehead atoms. The van der Waals surface area contributed by atoms with Gasteiger partial charge in [0.05, 0.1) is 24.4 Å². The van der Waals surface area contributed by atoms with Crippen LogP contribution < -0.4 is 15.5 Å². The third kappa shape index (κ3) is 7.99. The fraction of sp³-hybridized carbons (Fsp3) is 0.529. The molecule has 2 atom stereocenters. The molecule has 2 aromatic heterocycles. The van der Waals surface area contributed by atoms with E-state index in [1.165, 1.54) is 30.2 Å². The normalized spacial score (nSPS) is 24.5. The number of piperidine rings is 3. The van der Waals surface area contributed by atoms with Gasteiger partial charge in [-0.2, -0.15) is 0 Å². The van der Waals surface area contributed by atoms with Crippen LogP contribution in [-0.4, -0.2) is 100 Å². The number of fused-ring (bicyclic) bond motifs is 2. The molecule has 3 saturated heterocycles.